The Hall–Kier alpha value is -0.390. The maximum atomic E-state index is 12.5. The molecule has 0 radical (unpaired) electrons. The fraction of sp³-hybridized carbons (Fsp3) is 0.625. The molecule has 3 nitrogen and oxygen atoms in total. The molecule has 1 aliphatic rings. The fourth-order valence-electron chi connectivity index (χ4n) is 3.83. The van der Waals surface area contributed by atoms with Crippen molar-refractivity contribution in [3.63, 3.8) is 0 Å². The molecular formula is C16H24BrNO2S. The summed E-state index contributed by atoms with van der Waals surface area (Å²) in [6, 6.07) is 6.77. The number of sulfonamides is 1. The predicted octanol–water partition coefficient (Wildman–Crippen LogP) is 4.33. The first-order valence-corrected chi connectivity index (χ1v) is 9.55. The number of hydrogen-bond donors (Lipinski definition) is 1. The van der Waals surface area contributed by atoms with E-state index in [0.29, 0.717) is 4.90 Å². The topological polar surface area (TPSA) is 46.2 Å². The second kappa shape index (κ2) is 5.67. The number of halogens is 1. The summed E-state index contributed by atoms with van der Waals surface area (Å²) in [5.74, 6) is 0. The molecule has 0 heterocycles. The van der Waals surface area contributed by atoms with Crippen molar-refractivity contribution in [1.82, 2.24) is 4.72 Å². The number of hydrogen-bond acceptors (Lipinski definition) is 2. The highest BCUT2D eigenvalue weighted by molar-refractivity contribution is 9.10. The third-order valence-electron chi connectivity index (χ3n) is 4.00. The Labute approximate surface area is 136 Å². The van der Waals surface area contributed by atoms with Crippen LogP contribution in [0.25, 0.3) is 0 Å². The quantitative estimate of drug-likeness (QED) is 0.856. The fourth-order valence-corrected chi connectivity index (χ4v) is 5.33. The Balaban J connectivity index is 2.18. The molecule has 0 atom stereocenters. The van der Waals surface area contributed by atoms with E-state index in [4.69, 9.17) is 0 Å². The van der Waals surface area contributed by atoms with E-state index in [2.05, 4.69) is 48.3 Å². The molecule has 21 heavy (non-hydrogen) atoms. The molecule has 2 rings (SSSR count). The van der Waals surface area contributed by atoms with Crippen molar-refractivity contribution in [2.75, 3.05) is 0 Å². The Morgan fingerprint density at radius 2 is 1.52 bits per heavy atom. The van der Waals surface area contributed by atoms with E-state index in [1.165, 1.54) is 0 Å². The summed E-state index contributed by atoms with van der Waals surface area (Å²) in [6.45, 7) is 8.87. The van der Waals surface area contributed by atoms with Crippen LogP contribution in [0.2, 0.25) is 0 Å². The standard InChI is InChI=1S/C16H24BrNO2S/c1-15(2)9-13(10-16(3,4)11-15)18-21(19,20)14-7-5-12(17)6-8-14/h5-8,13,18H,9-11H2,1-4H3. The van der Waals surface area contributed by atoms with Gasteiger partial charge in [0.1, 0.15) is 0 Å². The molecule has 1 aromatic rings. The third kappa shape index (κ3) is 4.54. The Morgan fingerprint density at radius 3 is 2.00 bits per heavy atom. The summed E-state index contributed by atoms with van der Waals surface area (Å²) in [5, 5.41) is 0. The van der Waals surface area contributed by atoms with Crippen molar-refractivity contribution in [2.24, 2.45) is 10.8 Å². The van der Waals surface area contributed by atoms with Gasteiger partial charge in [-0.2, -0.15) is 0 Å². The van der Waals surface area contributed by atoms with Crippen LogP contribution in [0.15, 0.2) is 33.6 Å². The van der Waals surface area contributed by atoms with Gasteiger partial charge in [-0.1, -0.05) is 43.6 Å². The van der Waals surface area contributed by atoms with Gasteiger partial charge in [0.25, 0.3) is 0 Å². The minimum absolute atomic E-state index is 0.00241. The summed E-state index contributed by atoms with van der Waals surface area (Å²) < 4.78 is 28.8. The molecule has 0 aliphatic heterocycles. The van der Waals surface area contributed by atoms with E-state index < -0.39 is 10.0 Å². The normalized spacial score (nSPS) is 22.1. The molecule has 1 aromatic carbocycles. The second-order valence-electron chi connectivity index (χ2n) is 7.69. The van der Waals surface area contributed by atoms with Crippen LogP contribution in [0.5, 0.6) is 0 Å². The minimum Gasteiger partial charge on any atom is -0.208 e. The molecular weight excluding hydrogens is 350 g/mol. The van der Waals surface area contributed by atoms with Gasteiger partial charge in [0, 0.05) is 10.5 Å². The lowest BCUT2D eigenvalue weighted by Crippen LogP contribution is -2.45. The van der Waals surface area contributed by atoms with E-state index in [-0.39, 0.29) is 16.9 Å². The van der Waals surface area contributed by atoms with Crippen molar-refractivity contribution in [3.8, 4) is 0 Å². The van der Waals surface area contributed by atoms with Gasteiger partial charge in [0.05, 0.1) is 4.90 Å². The second-order valence-corrected chi connectivity index (χ2v) is 10.3. The molecule has 0 saturated heterocycles. The van der Waals surface area contributed by atoms with Crippen LogP contribution >= 0.6 is 15.9 Å². The molecule has 0 spiro atoms. The number of benzene rings is 1. The van der Waals surface area contributed by atoms with E-state index in [0.717, 1.165) is 23.7 Å². The Bertz CT molecular complexity index is 590. The highest BCUT2D eigenvalue weighted by Crippen LogP contribution is 2.45. The zero-order valence-electron chi connectivity index (χ0n) is 13.1. The minimum atomic E-state index is -3.45. The van der Waals surface area contributed by atoms with Crippen LogP contribution < -0.4 is 4.72 Å². The van der Waals surface area contributed by atoms with Crippen LogP contribution in [-0.4, -0.2) is 14.5 Å². The average Bonchev–Trinajstić information content (AvgIpc) is 2.23. The number of rotatable bonds is 3. The largest absolute Gasteiger partial charge is 0.240 e. The van der Waals surface area contributed by atoms with Gasteiger partial charge in [-0.15, -0.1) is 0 Å². The lowest BCUT2D eigenvalue weighted by Gasteiger charge is -2.45. The Kier molecular flexibility index (Phi) is 4.58. The van der Waals surface area contributed by atoms with Gasteiger partial charge in [0.2, 0.25) is 10.0 Å². The summed E-state index contributed by atoms with van der Waals surface area (Å²) in [5.41, 5.74) is 0.323. The van der Waals surface area contributed by atoms with Crippen LogP contribution in [-0.2, 0) is 10.0 Å². The lowest BCUT2D eigenvalue weighted by atomic mass is 9.64. The van der Waals surface area contributed by atoms with E-state index in [1.54, 1.807) is 24.3 Å². The van der Waals surface area contributed by atoms with Crippen molar-refractivity contribution in [3.05, 3.63) is 28.7 Å². The summed E-state index contributed by atoms with van der Waals surface area (Å²) in [4.78, 5) is 0.326. The van der Waals surface area contributed by atoms with Crippen LogP contribution in [0.3, 0.4) is 0 Å². The molecule has 1 N–H and O–H groups in total. The van der Waals surface area contributed by atoms with Gasteiger partial charge >= 0.3 is 0 Å². The van der Waals surface area contributed by atoms with Gasteiger partial charge in [-0.3, -0.25) is 0 Å². The van der Waals surface area contributed by atoms with E-state index in [1.807, 2.05) is 0 Å². The molecule has 1 aliphatic carbocycles. The SMILES string of the molecule is CC1(C)CC(NS(=O)(=O)c2ccc(Br)cc2)CC(C)(C)C1. The van der Waals surface area contributed by atoms with E-state index in [9.17, 15) is 8.42 Å². The molecule has 5 heteroatoms. The maximum Gasteiger partial charge on any atom is 0.240 e. The Morgan fingerprint density at radius 1 is 1.05 bits per heavy atom. The van der Waals surface area contributed by atoms with Gasteiger partial charge < -0.3 is 0 Å². The van der Waals surface area contributed by atoms with Gasteiger partial charge in [0.15, 0.2) is 0 Å². The first kappa shape index (κ1) is 17.0. The highest BCUT2D eigenvalue weighted by Gasteiger charge is 2.39. The summed E-state index contributed by atoms with van der Waals surface area (Å²) in [6.07, 6.45) is 2.88. The zero-order chi connectivity index (χ0) is 15.9. The van der Waals surface area contributed by atoms with Crippen molar-refractivity contribution in [2.45, 2.75) is 57.9 Å². The lowest BCUT2D eigenvalue weighted by molar-refractivity contribution is 0.0934. The third-order valence-corrected chi connectivity index (χ3v) is 6.07. The molecule has 0 amide bonds. The zero-order valence-corrected chi connectivity index (χ0v) is 15.5. The molecule has 1 fully saturated rings. The van der Waals surface area contributed by atoms with Gasteiger partial charge in [-0.05, 0) is 54.4 Å². The number of nitrogens with one attached hydrogen (secondary N) is 1. The molecule has 1 saturated carbocycles. The van der Waals surface area contributed by atoms with Crippen LogP contribution in [0.1, 0.15) is 47.0 Å². The molecule has 0 bridgehead atoms. The summed E-state index contributed by atoms with van der Waals surface area (Å²) in [7, 11) is -3.45. The highest BCUT2D eigenvalue weighted by atomic mass is 79.9. The molecule has 0 unspecified atom stereocenters. The van der Waals surface area contributed by atoms with Crippen LogP contribution in [0.4, 0.5) is 0 Å². The monoisotopic (exact) mass is 373 g/mol. The van der Waals surface area contributed by atoms with Gasteiger partial charge in [-0.25, -0.2) is 13.1 Å². The smallest absolute Gasteiger partial charge is 0.208 e. The first-order valence-electron chi connectivity index (χ1n) is 7.27. The predicted molar refractivity (Wildman–Crippen MR) is 89.7 cm³/mol. The van der Waals surface area contributed by atoms with E-state index >= 15 is 0 Å². The van der Waals surface area contributed by atoms with Crippen molar-refractivity contribution >= 4 is 26.0 Å². The summed E-state index contributed by atoms with van der Waals surface area (Å²) >= 11 is 3.33. The van der Waals surface area contributed by atoms with Crippen molar-refractivity contribution in [1.29, 1.82) is 0 Å². The molecule has 118 valence electrons. The first-order chi connectivity index (χ1) is 9.49. The molecule has 0 aromatic heterocycles. The maximum absolute atomic E-state index is 12.5. The van der Waals surface area contributed by atoms with Crippen LogP contribution in [0, 0.1) is 10.8 Å². The average molecular weight is 374 g/mol. The van der Waals surface area contributed by atoms with Crippen molar-refractivity contribution < 1.29 is 8.42 Å².